The van der Waals surface area contributed by atoms with Crippen molar-refractivity contribution in [1.29, 1.82) is 0 Å². The van der Waals surface area contributed by atoms with Crippen molar-refractivity contribution in [2.24, 2.45) is 0 Å². The van der Waals surface area contributed by atoms with Crippen LogP contribution < -0.4 is 0 Å². The second-order valence-electron chi connectivity index (χ2n) is 6.78. The van der Waals surface area contributed by atoms with E-state index in [0.29, 0.717) is 26.1 Å². The minimum Gasteiger partial charge on any atom is -0.481 e. The van der Waals surface area contributed by atoms with Crippen molar-refractivity contribution in [1.82, 2.24) is 0 Å². The van der Waals surface area contributed by atoms with Crippen molar-refractivity contribution in [3.8, 4) is 0 Å². The van der Waals surface area contributed by atoms with Gasteiger partial charge in [0, 0.05) is 19.6 Å². The van der Waals surface area contributed by atoms with Crippen LogP contribution in [-0.4, -0.2) is 48.7 Å². The molecule has 0 aromatic rings. The average Bonchev–Trinajstić information content (AvgIpc) is 2.60. The van der Waals surface area contributed by atoms with Crippen molar-refractivity contribution in [3.05, 3.63) is 0 Å². The Balaban J connectivity index is 3.28. The number of aliphatic carboxylic acids is 1. The largest absolute Gasteiger partial charge is 0.481 e. The van der Waals surface area contributed by atoms with E-state index in [-0.39, 0.29) is 19.1 Å². The van der Waals surface area contributed by atoms with Crippen LogP contribution in [0.5, 0.6) is 0 Å². The number of hydrogen-bond donors (Lipinski definition) is 2. The number of ether oxygens (including phenoxy) is 2. The Morgan fingerprint density at radius 1 is 0.840 bits per heavy atom. The number of carbonyl (C=O) groups is 1. The Hall–Kier alpha value is -0.650. The zero-order chi connectivity index (χ0) is 18.6. The molecule has 1 atom stereocenters. The molecule has 0 spiro atoms. The first kappa shape index (κ1) is 24.4. The van der Waals surface area contributed by atoms with Gasteiger partial charge in [-0.3, -0.25) is 4.79 Å². The predicted molar refractivity (Wildman–Crippen MR) is 101 cm³/mol. The molecule has 0 aliphatic rings. The van der Waals surface area contributed by atoms with Gasteiger partial charge in [0.25, 0.3) is 0 Å². The maximum Gasteiger partial charge on any atom is 0.303 e. The Morgan fingerprint density at radius 2 is 1.40 bits per heavy atom. The van der Waals surface area contributed by atoms with Gasteiger partial charge in [0.15, 0.2) is 0 Å². The molecule has 0 amide bonds. The summed E-state index contributed by atoms with van der Waals surface area (Å²) in [5.41, 5.74) is 0. The second kappa shape index (κ2) is 19.7. The van der Waals surface area contributed by atoms with Gasteiger partial charge in [-0.15, -0.1) is 0 Å². The highest BCUT2D eigenvalue weighted by Gasteiger charge is 2.08. The van der Waals surface area contributed by atoms with Crippen molar-refractivity contribution >= 4 is 5.97 Å². The third-order valence-corrected chi connectivity index (χ3v) is 4.29. The van der Waals surface area contributed by atoms with Gasteiger partial charge in [-0.05, 0) is 19.3 Å². The first-order valence-corrected chi connectivity index (χ1v) is 10.2. The zero-order valence-corrected chi connectivity index (χ0v) is 16.2. The highest BCUT2D eigenvalue weighted by atomic mass is 16.5. The van der Waals surface area contributed by atoms with Crippen LogP contribution in [0.15, 0.2) is 0 Å². The number of carboxylic acid groups (broad SMARTS) is 1. The van der Waals surface area contributed by atoms with Gasteiger partial charge in [-0.25, -0.2) is 0 Å². The Labute approximate surface area is 154 Å². The normalized spacial score (nSPS) is 12.4. The summed E-state index contributed by atoms with van der Waals surface area (Å²) in [6.45, 7) is 3.79. The average molecular weight is 361 g/mol. The molecule has 25 heavy (non-hydrogen) atoms. The molecule has 0 bridgehead atoms. The zero-order valence-electron chi connectivity index (χ0n) is 16.2. The summed E-state index contributed by atoms with van der Waals surface area (Å²) in [5, 5.41) is 17.8. The fraction of sp³-hybridized carbons (Fsp3) is 0.950. The van der Waals surface area contributed by atoms with E-state index >= 15 is 0 Å². The first-order valence-electron chi connectivity index (χ1n) is 10.2. The predicted octanol–water partition coefficient (Wildman–Crippen LogP) is 4.56. The summed E-state index contributed by atoms with van der Waals surface area (Å²) in [6, 6.07) is 0. The lowest BCUT2D eigenvalue weighted by atomic mass is 10.1. The van der Waals surface area contributed by atoms with Gasteiger partial charge in [-0.2, -0.15) is 0 Å². The lowest BCUT2D eigenvalue weighted by molar-refractivity contribution is -0.137. The summed E-state index contributed by atoms with van der Waals surface area (Å²) < 4.78 is 11.1. The summed E-state index contributed by atoms with van der Waals surface area (Å²) >= 11 is 0. The van der Waals surface area contributed by atoms with Gasteiger partial charge in [0.1, 0.15) is 6.10 Å². The highest BCUT2D eigenvalue weighted by molar-refractivity contribution is 5.66. The van der Waals surface area contributed by atoms with E-state index in [0.717, 1.165) is 13.0 Å². The van der Waals surface area contributed by atoms with Crippen LogP contribution >= 0.6 is 0 Å². The Morgan fingerprint density at radius 3 is 1.96 bits per heavy atom. The number of carboxylic acids is 1. The van der Waals surface area contributed by atoms with E-state index in [1.54, 1.807) is 0 Å². The van der Waals surface area contributed by atoms with Crippen LogP contribution in [0.2, 0.25) is 0 Å². The van der Waals surface area contributed by atoms with Gasteiger partial charge in [-0.1, -0.05) is 64.7 Å². The topological polar surface area (TPSA) is 76.0 Å². The number of aliphatic hydroxyl groups excluding tert-OH is 1. The summed E-state index contributed by atoms with van der Waals surface area (Å²) in [7, 11) is 0. The molecule has 0 aliphatic carbocycles. The van der Waals surface area contributed by atoms with E-state index in [1.165, 1.54) is 57.8 Å². The molecule has 5 nitrogen and oxygen atoms in total. The van der Waals surface area contributed by atoms with Gasteiger partial charge < -0.3 is 19.7 Å². The first-order chi connectivity index (χ1) is 12.2. The minimum atomic E-state index is -0.779. The molecule has 0 unspecified atom stereocenters. The number of aliphatic hydroxyl groups is 1. The summed E-state index contributed by atoms with van der Waals surface area (Å²) in [4.78, 5) is 10.4. The molecule has 0 radical (unpaired) electrons. The van der Waals surface area contributed by atoms with Crippen LogP contribution in [0.4, 0.5) is 0 Å². The van der Waals surface area contributed by atoms with Crippen LogP contribution in [-0.2, 0) is 14.3 Å². The quantitative estimate of drug-likeness (QED) is 0.311. The Bertz CT molecular complexity index is 283. The molecule has 0 saturated carbocycles. The number of hydrogen-bond acceptors (Lipinski definition) is 4. The molecule has 0 aromatic heterocycles. The Kier molecular flexibility index (Phi) is 19.2. The van der Waals surface area contributed by atoms with Gasteiger partial charge in [0.05, 0.1) is 13.2 Å². The van der Waals surface area contributed by atoms with Gasteiger partial charge in [0.2, 0.25) is 0 Å². The monoisotopic (exact) mass is 360 g/mol. The minimum absolute atomic E-state index is 0.0586. The molecule has 5 heteroatoms. The summed E-state index contributed by atoms with van der Waals surface area (Å²) in [5.74, 6) is -0.779. The van der Waals surface area contributed by atoms with Crippen molar-refractivity contribution in [2.75, 3.05) is 26.4 Å². The molecule has 0 saturated heterocycles. The second-order valence-corrected chi connectivity index (χ2v) is 6.78. The van der Waals surface area contributed by atoms with Crippen LogP contribution in [0.3, 0.4) is 0 Å². The third kappa shape index (κ3) is 19.5. The molecular weight excluding hydrogens is 320 g/mol. The van der Waals surface area contributed by atoms with Crippen molar-refractivity contribution < 1.29 is 24.5 Å². The highest BCUT2D eigenvalue weighted by Crippen LogP contribution is 2.10. The van der Waals surface area contributed by atoms with E-state index in [9.17, 15) is 9.90 Å². The van der Waals surface area contributed by atoms with E-state index in [2.05, 4.69) is 6.92 Å². The lowest BCUT2D eigenvalue weighted by Crippen LogP contribution is -2.24. The molecule has 2 N–H and O–H groups in total. The standard InChI is InChI=1S/C20H40O5/c1-2-3-4-5-6-7-8-9-10-12-15-24-18-19(17-21)25-16-13-11-14-20(22)23/h19,21H,2-18H2,1H3,(H,22,23)/t19-/m0/s1. The van der Waals surface area contributed by atoms with Crippen LogP contribution in [0.1, 0.15) is 90.4 Å². The van der Waals surface area contributed by atoms with Crippen molar-refractivity contribution in [2.45, 2.75) is 96.5 Å². The lowest BCUT2D eigenvalue weighted by Gasteiger charge is -2.15. The SMILES string of the molecule is CCCCCCCCCCCCOC[C@H](CO)OCCCCC(=O)O. The molecule has 0 heterocycles. The van der Waals surface area contributed by atoms with E-state index < -0.39 is 5.97 Å². The van der Waals surface area contributed by atoms with E-state index in [4.69, 9.17) is 14.6 Å². The van der Waals surface area contributed by atoms with Gasteiger partial charge >= 0.3 is 5.97 Å². The fourth-order valence-corrected chi connectivity index (χ4v) is 2.69. The number of unbranched alkanes of at least 4 members (excludes halogenated alkanes) is 10. The number of rotatable bonds is 20. The van der Waals surface area contributed by atoms with Crippen LogP contribution in [0, 0.1) is 0 Å². The molecule has 150 valence electrons. The van der Waals surface area contributed by atoms with Crippen molar-refractivity contribution in [3.63, 3.8) is 0 Å². The van der Waals surface area contributed by atoms with E-state index in [1.807, 2.05) is 0 Å². The molecule has 0 aliphatic heterocycles. The third-order valence-electron chi connectivity index (χ3n) is 4.29. The molecular formula is C20H40O5. The molecule has 0 rings (SSSR count). The smallest absolute Gasteiger partial charge is 0.303 e. The fourth-order valence-electron chi connectivity index (χ4n) is 2.69. The molecule has 0 aromatic carbocycles. The van der Waals surface area contributed by atoms with Crippen LogP contribution in [0.25, 0.3) is 0 Å². The maximum atomic E-state index is 10.4. The maximum absolute atomic E-state index is 10.4. The summed E-state index contributed by atoms with van der Waals surface area (Å²) in [6.07, 6.45) is 14.2. The molecule has 0 fully saturated rings.